The molecule has 0 aromatic heterocycles. The number of carbonyl (C=O) groups excluding carboxylic acids is 1. The van der Waals surface area contributed by atoms with Crippen LogP contribution in [0.15, 0.2) is 57.4 Å². The topological polar surface area (TPSA) is 82.3 Å². The Balaban J connectivity index is 1.60. The summed E-state index contributed by atoms with van der Waals surface area (Å²) in [6.45, 7) is 0.0752. The zero-order valence-electron chi connectivity index (χ0n) is 15.3. The number of Topliss-reactive ketones (excluding diaryl/α,β-unsaturated/α-hetero) is 1. The van der Waals surface area contributed by atoms with Gasteiger partial charge in [-0.25, -0.2) is 13.6 Å². The molecule has 0 saturated heterocycles. The molecule has 0 spiro atoms. The minimum Gasteiger partial charge on any atom is -0.478 e. The average molecular weight is 397 g/mol. The molecule has 5 rings (SSSR count). The number of aliphatic carboxylic acids is 1. The van der Waals surface area contributed by atoms with Gasteiger partial charge in [0.25, 0.3) is 0 Å². The molecule has 0 radical (unpaired) electrons. The van der Waals surface area contributed by atoms with Crippen molar-refractivity contribution in [1.29, 1.82) is 0 Å². The Morgan fingerprint density at radius 1 is 1.21 bits per heavy atom. The molecule has 1 aromatic rings. The zero-order valence-corrected chi connectivity index (χ0v) is 15.3. The van der Waals surface area contributed by atoms with Gasteiger partial charge < -0.3 is 10.0 Å². The summed E-state index contributed by atoms with van der Waals surface area (Å²) in [7, 11) is 0. The van der Waals surface area contributed by atoms with E-state index in [1.54, 1.807) is 23.1 Å². The number of hydrogen-bond donors (Lipinski definition) is 1. The number of nitrogens with zero attached hydrogens (tertiary/aromatic N) is 3. The maximum atomic E-state index is 14.9. The zero-order chi connectivity index (χ0) is 20.3. The van der Waals surface area contributed by atoms with Crippen LogP contribution in [0.4, 0.5) is 8.78 Å². The number of rotatable bonds is 3. The Morgan fingerprint density at radius 3 is 2.66 bits per heavy atom. The first-order valence-electron chi connectivity index (χ1n) is 9.49. The van der Waals surface area contributed by atoms with E-state index < -0.39 is 23.7 Å². The molecule has 2 aliphatic carbocycles. The number of allylic oxidation sites excluding steroid dienone is 2. The van der Waals surface area contributed by atoms with E-state index in [2.05, 4.69) is 10.2 Å². The highest BCUT2D eigenvalue weighted by atomic mass is 19.1. The lowest BCUT2D eigenvalue weighted by Crippen LogP contribution is -2.50. The van der Waals surface area contributed by atoms with Crippen LogP contribution >= 0.6 is 0 Å². The third-order valence-electron chi connectivity index (χ3n) is 5.85. The van der Waals surface area contributed by atoms with Crippen molar-refractivity contribution in [1.82, 2.24) is 4.90 Å². The second-order valence-electron chi connectivity index (χ2n) is 7.68. The first kappa shape index (κ1) is 17.9. The van der Waals surface area contributed by atoms with Gasteiger partial charge in [0.1, 0.15) is 11.4 Å². The molecule has 1 saturated carbocycles. The third-order valence-corrected chi connectivity index (χ3v) is 5.85. The quantitative estimate of drug-likeness (QED) is 0.796. The molecule has 29 heavy (non-hydrogen) atoms. The van der Waals surface area contributed by atoms with E-state index in [9.17, 15) is 23.5 Å². The first-order valence-corrected chi connectivity index (χ1v) is 9.49. The SMILES string of the molecule is O=C(O)C1=CC(C2CC2)C2=C(CC(F)C3=NN=C(c4ccccc4F)CN32)C1=O. The van der Waals surface area contributed by atoms with Crippen LogP contribution in [0, 0.1) is 17.7 Å². The molecule has 2 unspecified atom stereocenters. The second kappa shape index (κ2) is 6.43. The molecule has 1 N–H and O–H groups in total. The lowest BCUT2D eigenvalue weighted by atomic mass is 9.79. The van der Waals surface area contributed by atoms with Gasteiger partial charge in [0.05, 0.1) is 12.3 Å². The first-order chi connectivity index (χ1) is 14.0. The van der Waals surface area contributed by atoms with Crippen molar-refractivity contribution in [3.63, 3.8) is 0 Å². The summed E-state index contributed by atoms with van der Waals surface area (Å²) in [5.74, 6) is -2.41. The van der Waals surface area contributed by atoms with Crippen LogP contribution < -0.4 is 0 Å². The van der Waals surface area contributed by atoms with Crippen molar-refractivity contribution in [2.24, 2.45) is 22.0 Å². The van der Waals surface area contributed by atoms with E-state index in [4.69, 9.17) is 0 Å². The molecule has 148 valence electrons. The van der Waals surface area contributed by atoms with Gasteiger partial charge in [-0.3, -0.25) is 4.79 Å². The maximum absolute atomic E-state index is 14.9. The predicted octanol–water partition coefficient (Wildman–Crippen LogP) is 2.86. The van der Waals surface area contributed by atoms with Crippen molar-refractivity contribution in [2.45, 2.75) is 25.4 Å². The molecule has 1 aromatic carbocycles. The summed E-state index contributed by atoms with van der Waals surface area (Å²) in [6, 6.07) is 6.14. The van der Waals surface area contributed by atoms with Crippen LogP contribution in [0.25, 0.3) is 0 Å². The van der Waals surface area contributed by atoms with Gasteiger partial charge in [-0.2, -0.15) is 5.10 Å². The largest absolute Gasteiger partial charge is 0.478 e. The number of alkyl halides is 1. The van der Waals surface area contributed by atoms with Crippen LogP contribution in [-0.2, 0) is 9.59 Å². The van der Waals surface area contributed by atoms with Gasteiger partial charge in [0.2, 0.25) is 0 Å². The average Bonchev–Trinajstić information content (AvgIpc) is 3.54. The van der Waals surface area contributed by atoms with Crippen molar-refractivity contribution in [3.05, 3.63) is 58.6 Å². The van der Waals surface area contributed by atoms with E-state index in [-0.39, 0.29) is 47.3 Å². The van der Waals surface area contributed by atoms with Crippen LogP contribution in [0.1, 0.15) is 24.8 Å². The molecule has 6 nitrogen and oxygen atoms in total. The summed E-state index contributed by atoms with van der Waals surface area (Å²) >= 11 is 0. The third kappa shape index (κ3) is 2.82. The molecule has 2 atom stereocenters. The van der Waals surface area contributed by atoms with Crippen LogP contribution in [0.2, 0.25) is 0 Å². The Kier molecular flexibility index (Phi) is 3.97. The van der Waals surface area contributed by atoms with E-state index in [1.165, 1.54) is 12.1 Å². The fourth-order valence-corrected chi connectivity index (χ4v) is 4.31. The predicted molar refractivity (Wildman–Crippen MR) is 101 cm³/mol. The highest BCUT2D eigenvalue weighted by molar-refractivity contribution is 6.25. The van der Waals surface area contributed by atoms with Gasteiger partial charge in [-0.05, 0) is 24.8 Å². The summed E-state index contributed by atoms with van der Waals surface area (Å²) in [5.41, 5.74) is 1.09. The molecule has 2 heterocycles. The van der Waals surface area contributed by atoms with E-state index in [0.717, 1.165) is 12.8 Å². The van der Waals surface area contributed by atoms with Gasteiger partial charge in [0, 0.05) is 29.2 Å². The summed E-state index contributed by atoms with van der Waals surface area (Å²) in [4.78, 5) is 26.0. The summed E-state index contributed by atoms with van der Waals surface area (Å²) in [6.07, 6.45) is 1.52. The van der Waals surface area contributed by atoms with Gasteiger partial charge >= 0.3 is 5.97 Å². The Labute approximate surface area is 164 Å². The van der Waals surface area contributed by atoms with Crippen molar-refractivity contribution in [3.8, 4) is 0 Å². The molecule has 1 fully saturated rings. The Morgan fingerprint density at radius 2 is 1.97 bits per heavy atom. The second-order valence-corrected chi connectivity index (χ2v) is 7.68. The Hall–Kier alpha value is -3.16. The number of halogens is 2. The normalized spacial score (nSPS) is 26.3. The summed E-state index contributed by atoms with van der Waals surface area (Å²) < 4.78 is 29.1. The minimum atomic E-state index is -1.57. The number of carbonyl (C=O) groups is 2. The fraction of sp³-hybridized carbons (Fsp3) is 0.333. The van der Waals surface area contributed by atoms with E-state index >= 15 is 0 Å². The lowest BCUT2D eigenvalue weighted by Gasteiger charge is -2.41. The number of ketones is 1. The van der Waals surface area contributed by atoms with Crippen molar-refractivity contribution < 1.29 is 23.5 Å². The van der Waals surface area contributed by atoms with Crippen LogP contribution in [0.3, 0.4) is 0 Å². The van der Waals surface area contributed by atoms with Crippen LogP contribution in [0.5, 0.6) is 0 Å². The van der Waals surface area contributed by atoms with Crippen molar-refractivity contribution in [2.75, 3.05) is 6.54 Å². The number of benzene rings is 1. The smallest absolute Gasteiger partial charge is 0.339 e. The highest BCUT2D eigenvalue weighted by Gasteiger charge is 2.47. The molecule has 0 amide bonds. The molecular weight excluding hydrogens is 380 g/mol. The summed E-state index contributed by atoms with van der Waals surface area (Å²) in [5, 5.41) is 17.5. The number of amidine groups is 1. The van der Waals surface area contributed by atoms with Gasteiger partial charge in [-0.15, -0.1) is 5.10 Å². The Bertz CT molecular complexity index is 1070. The number of fused-ring (bicyclic) bond motifs is 2. The highest BCUT2D eigenvalue weighted by Crippen LogP contribution is 2.48. The van der Waals surface area contributed by atoms with Gasteiger partial charge in [0.15, 0.2) is 17.8 Å². The number of carboxylic acids is 1. The molecule has 0 bridgehead atoms. The van der Waals surface area contributed by atoms with Crippen LogP contribution in [-0.4, -0.2) is 46.0 Å². The molecular formula is C21H17F2N3O3. The molecule has 4 aliphatic rings. The maximum Gasteiger partial charge on any atom is 0.339 e. The van der Waals surface area contributed by atoms with E-state index in [1.807, 2.05) is 0 Å². The number of hydrogen-bond acceptors (Lipinski definition) is 5. The minimum absolute atomic E-state index is 0.0752. The van der Waals surface area contributed by atoms with Gasteiger partial charge in [-0.1, -0.05) is 24.3 Å². The molecule has 2 aliphatic heterocycles. The monoisotopic (exact) mass is 397 g/mol. The molecule has 8 heteroatoms. The standard InChI is InChI=1S/C21H17F2N3O3/c22-15-4-2-1-3-11(15)17-9-26-18-12(10-5-6-10)7-14(21(28)29)19(27)13(18)8-16(23)20(26)25-24-17/h1-4,7,10,12,16H,5-6,8-9H2,(H,28,29). The van der Waals surface area contributed by atoms with E-state index in [0.29, 0.717) is 11.4 Å². The number of carboxylic acid groups (broad SMARTS) is 1. The fourth-order valence-electron chi connectivity index (χ4n) is 4.31. The lowest BCUT2D eigenvalue weighted by molar-refractivity contribution is -0.134. The van der Waals surface area contributed by atoms with Crippen molar-refractivity contribution >= 4 is 23.3 Å².